The summed E-state index contributed by atoms with van der Waals surface area (Å²) in [7, 11) is 1.18. The number of nitrogens with one attached hydrogen (secondary N) is 1. The molecule has 0 heterocycles. The van der Waals surface area contributed by atoms with Crippen LogP contribution in [0.5, 0.6) is 0 Å². The molecule has 0 aliphatic heterocycles. The molecule has 168 valence electrons. The number of carbonyl (C=O) groups excluding carboxylic acids is 2. The Morgan fingerprint density at radius 3 is 2.17 bits per heavy atom. The minimum atomic E-state index is -1.22. The van der Waals surface area contributed by atoms with Crippen LogP contribution in [0.25, 0.3) is 0 Å². The second-order valence-corrected chi connectivity index (χ2v) is 9.47. The second-order valence-electron chi connectivity index (χ2n) is 9.47. The molecule has 0 saturated heterocycles. The van der Waals surface area contributed by atoms with Gasteiger partial charge in [-0.25, -0.2) is 4.79 Å². The maximum absolute atomic E-state index is 13.1. The molecule has 1 saturated carbocycles. The highest BCUT2D eigenvalue weighted by Crippen LogP contribution is 2.36. The zero-order valence-corrected chi connectivity index (χ0v) is 18.6. The molecule has 29 heavy (non-hydrogen) atoms. The van der Waals surface area contributed by atoms with Crippen LogP contribution in [0.3, 0.4) is 0 Å². The van der Waals surface area contributed by atoms with Gasteiger partial charge in [-0.1, -0.05) is 65.7 Å². The van der Waals surface area contributed by atoms with Crippen LogP contribution >= 0.6 is 0 Å². The molecular weight excluding hydrogens is 374 g/mol. The fourth-order valence-electron chi connectivity index (χ4n) is 4.46. The average Bonchev–Trinajstić information content (AvgIpc) is 2.63. The molecule has 0 radical (unpaired) electrons. The van der Waals surface area contributed by atoms with E-state index in [0.29, 0.717) is 12.3 Å². The summed E-state index contributed by atoms with van der Waals surface area (Å²) in [5.74, 6) is -3.35. The quantitative estimate of drug-likeness (QED) is 0.474. The number of aliphatic hydroxyl groups is 1. The van der Waals surface area contributed by atoms with E-state index in [0.717, 1.165) is 12.8 Å². The Hall–Kier alpha value is -1.63. The SMILES string of the molecule is COC(=O)C(NC(=O)[C@H](CCCC1CCCCC1)C(C(=O)O)C(C)(C)C)C(C)O. The molecule has 7 heteroatoms. The highest BCUT2D eigenvalue weighted by molar-refractivity contribution is 5.89. The third-order valence-electron chi connectivity index (χ3n) is 6.03. The van der Waals surface area contributed by atoms with Crippen LogP contribution in [0.4, 0.5) is 0 Å². The van der Waals surface area contributed by atoms with E-state index in [1.54, 1.807) is 20.8 Å². The minimum Gasteiger partial charge on any atom is -0.481 e. The minimum absolute atomic E-state index is 0.435. The number of esters is 1. The molecule has 0 spiro atoms. The number of aliphatic carboxylic acids is 1. The van der Waals surface area contributed by atoms with E-state index in [2.05, 4.69) is 10.1 Å². The van der Waals surface area contributed by atoms with Gasteiger partial charge >= 0.3 is 11.9 Å². The summed E-state index contributed by atoms with van der Waals surface area (Å²) in [5.41, 5.74) is -0.635. The largest absolute Gasteiger partial charge is 0.481 e. The molecule has 1 fully saturated rings. The van der Waals surface area contributed by atoms with Crippen LogP contribution in [-0.4, -0.2) is 47.3 Å². The Bertz CT molecular complexity index is 548. The standard InChI is InChI=1S/C22H39NO6/c1-14(24)18(21(28)29-5)23-19(25)16(17(20(26)27)22(2,3)4)13-9-12-15-10-7-6-8-11-15/h14-18,24H,6-13H2,1-5H3,(H,23,25)(H,26,27)/t14?,16-,17?,18?/m1/s1. The highest BCUT2D eigenvalue weighted by atomic mass is 16.5. The highest BCUT2D eigenvalue weighted by Gasteiger charge is 2.42. The van der Waals surface area contributed by atoms with Gasteiger partial charge in [-0.2, -0.15) is 0 Å². The molecule has 0 bridgehead atoms. The molecule has 0 aromatic heterocycles. The van der Waals surface area contributed by atoms with Gasteiger partial charge in [0.05, 0.1) is 25.0 Å². The van der Waals surface area contributed by atoms with Gasteiger partial charge < -0.3 is 20.3 Å². The van der Waals surface area contributed by atoms with Gasteiger partial charge in [0.15, 0.2) is 6.04 Å². The maximum Gasteiger partial charge on any atom is 0.331 e. The van der Waals surface area contributed by atoms with Crippen LogP contribution in [0.1, 0.15) is 79.1 Å². The van der Waals surface area contributed by atoms with Crippen molar-refractivity contribution < 1.29 is 29.3 Å². The molecule has 7 nitrogen and oxygen atoms in total. The molecular formula is C22H39NO6. The summed E-state index contributed by atoms with van der Waals surface area (Å²) in [6.45, 7) is 6.80. The van der Waals surface area contributed by atoms with Crippen molar-refractivity contribution in [2.45, 2.75) is 91.2 Å². The zero-order chi connectivity index (χ0) is 22.2. The van der Waals surface area contributed by atoms with Crippen molar-refractivity contribution in [3.8, 4) is 0 Å². The summed E-state index contributed by atoms with van der Waals surface area (Å²) < 4.78 is 4.66. The fraction of sp³-hybridized carbons (Fsp3) is 0.864. The molecule has 4 atom stereocenters. The number of hydrogen-bond donors (Lipinski definition) is 3. The van der Waals surface area contributed by atoms with E-state index in [1.165, 1.54) is 46.1 Å². The summed E-state index contributed by atoms with van der Waals surface area (Å²) in [6, 6.07) is -1.22. The van der Waals surface area contributed by atoms with Crippen molar-refractivity contribution in [2.75, 3.05) is 7.11 Å². The number of aliphatic hydroxyl groups excluding tert-OH is 1. The van der Waals surface area contributed by atoms with Gasteiger partial charge in [0.1, 0.15) is 0 Å². The molecule has 1 aliphatic carbocycles. The van der Waals surface area contributed by atoms with Gasteiger partial charge in [-0.05, 0) is 24.7 Å². The van der Waals surface area contributed by atoms with Gasteiger partial charge in [-0.3, -0.25) is 9.59 Å². The number of methoxy groups -OCH3 is 1. The second kappa shape index (κ2) is 11.5. The van der Waals surface area contributed by atoms with E-state index in [1.807, 2.05) is 0 Å². The molecule has 1 rings (SSSR count). The first-order valence-corrected chi connectivity index (χ1v) is 10.8. The van der Waals surface area contributed by atoms with Crippen LogP contribution in [-0.2, 0) is 19.1 Å². The Morgan fingerprint density at radius 1 is 1.14 bits per heavy atom. The van der Waals surface area contributed by atoms with Crippen LogP contribution in [0.2, 0.25) is 0 Å². The van der Waals surface area contributed by atoms with Crippen molar-refractivity contribution in [2.24, 2.45) is 23.2 Å². The summed E-state index contributed by atoms with van der Waals surface area (Å²) in [4.78, 5) is 37.0. The summed E-state index contributed by atoms with van der Waals surface area (Å²) >= 11 is 0. The molecule has 0 aromatic carbocycles. The van der Waals surface area contributed by atoms with Crippen molar-refractivity contribution in [3.63, 3.8) is 0 Å². The van der Waals surface area contributed by atoms with Gasteiger partial charge in [-0.15, -0.1) is 0 Å². The van der Waals surface area contributed by atoms with Crippen molar-refractivity contribution in [1.82, 2.24) is 5.32 Å². The fourth-order valence-corrected chi connectivity index (χ4v) is 4.46. The first kappa shape index (κ1) is 25.4. The number of carbonyl (C=O) groups is 3. The number of carboxylic acid groups (broad SMARTS) is 1. The Balaban J connectivity index is 2.96. The topological polar surface area (TPSA) is 113 Å². The number of rotatable bonds is 10. The first-order valence-electron chi connectivity index (χ1n) is 10.8. The summed E-state index contributed by atoms with van der Waals surface area (Å²) in [5, 5.41) is 22.3. The van der Waals surface area contributed by atoms with Gasteiger partial charge in [0, 0.05) is 0 Å². The lowest BCUT2D eigenvalue weighted by atomic mass is 9.70. The molecule has 0 aromatic rings. The normalized spacial score (nSPS) is 19.7. The summed E-state index contributed by atoms with van der Waals surface area (Å²) in [6.07, 6.45) is 7.19. The van der Waals surface area contributed by atoms with Crippen molar-refractivity contribution in [1.29, 1.82) is 0 Å². The number of amides is 1. The van der Waals surface area contributed by atoms with E-state index >= 15 is 0 Å². The number of hydrogen-bond acceptors (Lipinski definition) is 5. The van der Waals surface area contributed by atoms with E-state index in [-0.39, 0.29) is 0 Å². The first-order chi connectivity index (χ1) is 13.5. The van der Waals surface area contributed by atoms with Crippen LogP contribution < -0.4 is 5.32 Å². The van der Waals surface area contributed by atoms with E-state index in [4.69, 9.17) is 0 Å². The Morgan fingerprint density at radius 2 is 1.72 bits per heavy atom. The average molecular weight is 414 g/mol. The van der Waals surface area contributed by atoms with Crippen molar-refractivity contribution >= 4 is 17.8 Å². The maximum atomic E-state index is 13.1. The smallest absolute Gasteiger partial charge is 0.331 e. The molecule has 3 N–H and O–H groups in total. The van der Waals surface area contributed by atoms with Gasteiger partial charge in [0.25, 0.3) is 0 Å². The third-order valence-corrected chi connectivity index (χ3v) is 6.03. The third kappa shape index (κ3) is 7.96. The number of ether oxygens (including phenoxy) is 1. The lowest BCUT2D eigenvalue weighted by Gasteiger charge is -2.34. The molecule has 3 unspecified atom stereocenters. The van der Waals surface area contributed by atoms with Crippen LogP contribution in [0, 0.1) is 23.2 Å². The number of carboxylic acids is 1. The Kier molecular flexibility index (Phi) is 10.1. The van der Waals surface area contributed by atoms with Crippen LogP contribution in [0.15, 0.2) is 0 Å². The lowest BCUT2D eigenvalue weighted by molar-refractivity contribution is -0.154. The zero-order valence-electron chi connectivity index (χ0n) is 18.6. The van der Waals surface area contributed by atoms with E-state index in [9.17, 15) is 24.6 Å². The lowest BCUT2D eigenvalue weighted by Crippen LogP contribution is -2.52. The molecule has 1 aliphatic rings. The van der Waals surface area contributed by atoms with Gasteiger partial charge in [0.2, 0.25) is 5.91 Å². The predicted octanol–water partition coefficient (Wildman–Crippen LogP) is 3.14. The molecule has 1 amide bonds. The van der Waals surface area contributed by atoms with Crippen molar-refractivity contribution in [3.05, 3.63) is 0 Å². The predicted molar refractivity (Wildman–Crippen MR) is 110 cm³/mol. The Labute approximate surface area is 174 Å². The monoisotopic (exact) mass is 413 g/mol. The van der Waals surface area contributed by atoms with E-state index < -0.39 is 47.2 Å².